The summed E-state index contributed by atoms with van der Waals surface area (Å²) in [5.74, 6) is 0. The Bertz CT molecular complexity index is 171. The number of nitrogens with zero attached hydrogens (tertiary/aromatic N) is 3. The van der Waals surface area contributed by atoms with E-state index >= 15 is 0 Å². The van der Waals surface area contributed by atoms with Gasteiger partial charge in [0.1, 0.15) is 9.85 Å². The summed E-state index contributed by atoms with van der Waals surface area (Å²) in [5, 5.41) is 26.8. The van der Waals surface area contributed by atoms with Crippen LogP contribution in [0.1, 0.15) is 0 Å². The van der Waals surface area contributed by atoms with Crippen molar-refractivity contribution < 1.29 is 39.4 Å². The summed E-state index contributed by atoms with van der Waals surface area (Å²) in [6.45, 7) is 0. The van der Waals surface area contributed by atoms with Gasteiger partial charge in [-0.3, -0.25) is 20.2 Å². The molecule has 0 rings (SSSR count). The van der Waals surface area contributed by atoms with Gasteiger partial charge in [-0.2, -0.15) is 5.26 Å². The van der Waals surface area contributed by atoms with Crippen molar-refractivity contribution in [2.45, 2.75) is 6.17 Å². The molecule has 0 spiro atoms. The van der Waals surface area contributed by atoms with Gasteiger partial charge in [-0.15, -0.1) is 0 Å². The molecule has 0 aromatic heterocycles. The summed E-state index contributed by atoms with van der Waals surface area (Å²) in [6.07, 6.45) is -2.33. The Morgan fingerprint density at radius 3 is 1.60 bits per heavy atom. The van der Waals surface area contributed by atoms with E-state index in [1.54, 1.807) is 0 Å². The van der Waals surface area contributed by atoms with Crippen LogP contribution < -0.4 is 29.6 Å². The van der Waals surface area contributed by atoms with Gasteiger partial charge in [0.25, 0.3) is 0 Å². The first-order valence-electron chi connectivity index (χ1n) is 1.76. The maximum atomic E-state index is 9.51. The largest absolute Gasteiger partial charge is 1.00 e. The Labute approximate surface area is 77.2 Å². The second-order valence-electron chi connectivity index (χ2n) is 1.07. The predicted octanol–water partition coefficient (Wildman–Crippen LogP) is -3.61. The number of nitriles is 1. The first-order chi connectivity index (χ1) is 4.09. The van der Waals surface area contributed by atoms with Crippen LogP contribution in [0, 0.1) is 31.6 Å². The van der Waals surface area contributed by atoms with Crippen LogP contribution in [0.25, 0.3) is 0 Å². The Morgan fingerprint density at radius 2 is 1.60 bits per heavy atom. The Morgan fingerprint density at radius 1 is 1.30 bits per heavy atom. The summed E-state index contributed by atoms with van der Waals surface area (Å²) in [6, 6.07) is 0.903. The molecule has 0 fully saturated rings. The fourth-order valence-electron chi connectivity index (χ4n) is 0.171. The third-order valence-corrected chi connectivity index (χ3v) is 0.515. The van der Waals surface area contributed by atoms with E-state index in [1.165, 1.54) is 0 Å². The molecular weight excluding hydrogens is 153 g/mol. The van der Waals surface area contributed by atoms with E-state index in [-0.39, 0.29) is 29.6 Å². The van der Waals surface area contributed by atoms with E-state index in [1.807, 2.05) is 0 Å². The van der Waals surface area contributed by atoms with Crippen molar-refractivity contribution >= 4 is 0 Å². The minimum Gasteiger partial charge on any atom is -0.258 e. The van der Waals surface area contributed by atoms with E-state index in [4.69, 9.17) is 5.26 Å². The molecular formula is C2HN3NaO4+. The molecule has 10 heavy (non-hydrogen) atoms. The molecule has 0 aliphatic carbocycles. The van der Waals surface area contributed by atoms with Crippen LogP contribution in [0.3, 0.4) is 0 Å². The number of hydrogen-bond acceptors (Lipinski definition) is 5. The second-order valence-corrected chi connectivity index (χ2v) is 1.07. The second kappa shape index (κ2) is 5.10. The minimum absolute atomic E-state index is 0. The SMILES string of the molecule is N#CC([N+](=O)[O-])[N+](=O)[O-].[Na+]. The van der Waals surface area contributed by atoms with Crippen molar-refractivity contribution in [1.29, 1.82) is 5.26 Å². The van der Waals surface area contributed by atoms with Gasteiger partial charge in [-0.1, -0.05) is 0 Å². The van der Waals surface area contributed by atoms with Crippen molar-refractivity contribution in [3.8, 4) is 6.07 Å². The van der Waals surface area contributed by atoms with E-state index in [2.05, 4.69) is 0 Å². The van der Waals surface area contributed by atoms with Crippen molar-refractivity contribution in [1.82, 2.24) is 0 Å². The molecule has 0 aliphatic rings. The van der Waals surface area contributed by atoms with Crippen LogP contribution in [0.4, 0.5) is 0 Å². The van der Waals surface area contributed by atoms with Gasteiger partial charge >= 0.3 is 35.7 Å². The minimum atomic E-state index is -2.33. The molecule has 0 atom stereocenters. The van der Waals surface area contributed by atoms with E-state index in [9.17, 15) is 20.2 Å². The van der Waals surface area contributed by atoms with E-state index < -0.39 is 16.0 Å². The molecule has 0 N–H and O–H groups in total. The van der Waals surface area contributed by atoms with Gasteiger partial charge in [-0.25, -0.2) is 0 Å². The van der Waals surface area contributed by atoms with Crippen LogP contribution >= 0.6 is 0 Å². The fraction of sp³-hybridized carbons (Fsp3) is 0.500. The van der Waals surface area contributed by atoms with Crippen LogP contribution in [-0.4, -0.2) is 16.0 Å². The zero-order valence-electron chi connectivity index (χ0n) is 5.05. The molecule has 0 saturated heterocycles. The van der Waals surface area contributed by atoms with Gasteiger partial charge in [0, 0.05) is 0 Å². The molecule has 0 unspecified atom stereocenters. The average Bonchev–Trinajstić information content (AvgIpc) is 1.64. The van der Waals surface area contributed by atoms with Crippen LogP contribution in [-0.2, 0) is 0 Å². The van der Waals surface area contributed by atoms with Gasteiger partial charge in [0.2, 0.25) is 6.07 Å². The molecule has 0 amide bonds. The quantitative estimate of drug-likeness (QED) is 0.176. The molecule has 0 aliphatic heterocycles. The molecule has 0 aromatic carbocycles. The topological polar surface area (TPSA) is 110 Å². The number of hydrogen-bond donors (Lipinski definition) is 0. The van der Waals surface area contributed by atoms with E-state index in [0.29, 0.717) is 0 Å². The zero-order valence-corrected chi connectivity index (χ0v) is 7.05. The summed E-state index contributed by atoms with van der Waals surface area (Å²) in [7, 11) is 0. The molecule has 48 valence electrons. The normalized spacial score (nSPS) is 7.60. The molecule has 0 radical (unpaired) electrons. The average molecular weight is 154 g/mol. The number of nitro groups is 2. The Balaban J connectivity index is 0. The maximum absolute atomic E-state index is 9.51. The summed E-state index contributed by atoms with van der Waals surface area (Å²) in [5.41, 5.74) is 0. The predicted molar refractivity (Wildman–Crippen MR) is 23.4 cm³/mol. The molecule has 0 bridgehead atoms. The summed E-state index contributed by atoms with van der Waals surface area (Å²) in [4.78, 5) is 16.5. The molecule has 0 aromatic rings. The third kappa shape index (κ3) is 3.34. The first-order valence-corrected chi connectivity index (χ1v) is 1.76. The summed E-state index contributed by atoms with van der Waals surface area (Å²) >= 11 is 0. The van der Waals surface area contributed by atoms with Crippen molar-refractivity contribution in [3.63, 3.8) is 0 Å². The van der Waals surface area contributed by atoms with Gasteiger partial charge in [-0.05, 0) is 0 Å². The smallest absolute Gasteiger partial charge is 0.258 e. The monoisotopic (exact) mass is 154 g/mol. The van der Waals surface area contributed by atoms with Crippen LogP contribution in [0.15, 0.2) is 0 Å². The van der Waals surface area contributed by atoms with Crippen molar-refractivity contribution in [3.05, 3.63) is 20.2 Å². The van der Waals surface area contributed by atoms with Gasteiger partial charge < -0.3 is 0 Å². The van der Waals surface area contributed by atoms with Crippen molar-refractivity contribution in [2.75, 3.05) is 0 Å². The third-order valence-electron chi connectivity index (χ3n) is 0.515. The van der Waals surface area contributed by atoms with Gasteiger partial charge in [0.05, 0.1) is 0 Å². The van der Waals surface area contributed by atoms with Crippen LogP contribution in [0.2, 0.25) is 0 Å². The summed E-state index contributed by atoms with van der Waals surface area (Å²) < 4.78 is 0. The maximum Gasteiger partial charge on any atom is 1.00 e. The Hall–Kier alpha value is -0.710. The van der Waals surface area contributed by atoms with E-state index in [0.717, 1.165) is 6.07 Å². The zero-order chi connectivity index (χ0) is 7.44. The fourth-order valence-corrected chi connectivity index (χ4v) is 0.171. The molecule has 7 nitrogen and oxygen atoms in total. The Kier molecular flexibility index (Phi) is 6.13. The van der Waals surface area contributed by atoms with Crippen molar-refractivity contribution in [2.24, 2.45) is 0 Å². The number of rotatable bonds is 2. The van der Waals surface area contributed by atoms with Gasteiger partial charge in [0.15, 0.2) is 0 Å². The first kappa shape index (κ1) is 12.0. The molecule has 0 saturated carbocycles. The van der Waals surface area contributed by atoms with Crippen LogP contribution in [0.5, 0.6) is 0 Å². The molecule has 8 heteroatoms. The standard InChI is InChI=1S/C2HN3O4.Na/c3-1-2(4(6)7)5(8)9;/h2H;/q;+1. The molecule has 0 heterocycles.